The monoisotopic (exact) mass is 395 g/mol. The number of hydrogen-bond donors (Lipinski definition) is 8. The molecular weight excluding hydrogens is 378 g/mol. The summed E-state index contributed by atoms with van der Waals surface area (Å²) in [4.78, 5) is 16.6. The second-order valence-corrected chi connectivity index (χ2v) is 7.13. The van der Waals surface area contributed by atoms with Gasteiger partial charge < -0.3 is 30.9 Å². The lowest BCUT2D eigenvalue weighted by atomic mass is 9.86. The minimum Gasteiger partial charge on any atom is -0.446 e. The smallest absolute Gasteiger partial charge is 0.422 e. The van der Waals surface area contributed by atoms with Crippen molar-refractivity contribution in [1.29, 1.82) is 5.41 Å². The molecule has 3 atom stereocenters. The summed E-state index contributed by atoms with van der Waals surface area (Å²) in [6, 6.07) is -2.51. The molecule has 1 spiro atoms. The van der Waals surface area contributed by atoms with Gasteiger partial charge in [0.15, 0.2) is 11.6 Å². The summed E-state index contributed by atoms with van der Waals surface area (Å²) in [6.45, 7) is -0.721. The second-order valence-electron chi connectivity index (χ2n) is 5.98. The van der Waals surface area contributed by atoms with Gasteiger partial charge in [-0.25, -0.2) is 14.9 Å². The van der Waals surface area contributed by atoms with Crippen molar-refractivity contribution in [2.45, 2.75) is 30.0 Å². The van der Waals surface area contributed by atoms with E-state index < -0.39 is 52.5 Å². The van der Waals surface area contributed by atoms with Gasteiger partial charge in [0.1, 0.15) is 18.7 Å². The van der Waals surface area contributed by atoms with Gasteiger partial charge in [-0.05, 0) is 0 Å². The fraction of sp³-hybridized carbons (Fsp3) is 0.700. The van der Waals surface area contributed by atoms with Gasteiger partial charge in [0.2, 0.25) is 11.7 Å². The van der Waals surface area contributed by atoms with Crippen LogP contribution in [0.2, 0.25) is 0 Å². The third kappa shape index (κ3) is 2.58. The lowest BCUT2D eigenvalue weighted by Crippen LogP contribution is -2.80. The van der Waals surface area contributed by atoms with E-state index >= 15 is 0 Å². The molecule has 0 radical (unpaired) electrons. The predicted octanol–water partition coefficient (Wildman–Crippen LogP) is -4.11. The molecule has 2 fully saturated rings. The van der Waals surface area contributed by atoms with E-state index in [4.69, 9.17) is 15.7 Å². The van der Waals surface area contributed by atoms with E-state index in [1.807, 2.05) is 0 Å². The molecule has 16 heteroatoms. The highest BCUT2D eigenvalue weighted by atomic mass is 32.2. The number of aliphatic imine (C=N–C) groups is 1. The van der Waals surface area contributed by atoms with Crippen molar-refractivity contribution in [2.75, 3.05) is 13.2 Å². The maximum absolute atomic E-state index is 11.4. The molecule has 0 aliphatic carbocycles. The zero-order valence-corrected chi connectivity index (χ0v) is 13.8. The average molecular weight is 395 g/mol. The van der Waals surface area contributed by atoms with Crippen LogP contribution in [-0.4, -0.2) is 93.1 Å². The molecule has 3 heterocycles. The standard InChI is InChI=1S/C10H17N7O8S/c11-6-13-5-4(3-25-8(18)15-26(22,23)24)17(21)7(12)16-2-1-9(19,20)10(5,16)14-6/h4-5,12,19-21H,1-3H2,(H,15,18)(H3,11,13,14)(H,22,23,24)/t4-,5-,10-/m0/s1. The van der Waals surface area contributed by atoms with E-state index in [9.17, 15) is 28.6 Å². The molecule has 0 aromatic heterocycles. The zero-order chi connectivity index (χ0) is 19.5. The highest BCUT2D eigenvalue weighted by Crippen LogP contribution is 2.45. The van der Waals surface area contributed by atoms with Crippen LogP contribution in [0.3, 0.4) is 0 Å². The Kier molecular flexibility index (Phi) is 3.92. The highest BCUT2D eigenvalue weighted by molar-refractivity contribution is 7.84. The molecular formula is C10H17N7O8S. The highest BCUT2D eigenvalue weighted by Gasteiger charge is 2.71. The van der Waals surface area contributed by atoms with Gasteiger partial charge in [-0.1, -0.05) is 0 Å². The van der Waals surface area contributed by atoms with Gasteiger partial charge >= 0.3 is 16.4 Å². The van der Waals surface area contributed by atoms with Gasteiger partial charge in [-0.2, -0.15) is 13.1 Å². The molecule has 0 aromatic carbocycles. The summed E-state index contributed by atoms with van der Waals surface area (Å²) in [5.41, 5.74) is 3.87. The summed E-state index contributed by atoms with van der Waals surface area (Å²) >= 11 is 0. The average Bonchev–Trinajstić information content (AvgIpc) is 2.96. The molecule has 0 aromatic rings. The molecule has 146 valence electrons. The fourth-order valence-electron chi connectivity index (χ4n) is 3.47. The molecule has 2 saturated heterocycles. The lowest BCUT2D eigenvalue weighted by molar-refractivity contribution is -0.241. The minimum atomic E-state index is -4.85. The Bertz CT molecular complexity index is 784. The van der Waals surface area contributed by atoms with Gasteiger partial charge in [0.05, 0.1) is 0 Å². The number of ether oxygens (including phenoxy) is 1. The topological polar surface area (TPSA) is 234 Å². The molecule has 3 rings (SSSR count). The first kappa shape index (κ1) is 18.4. The Labute approximate surface area is 146 Å². The largest absolute Gasteiger partial charge is 0.446 e. The van der Waals surface area contributed by atoms with Gasteiger partial charge in [0.25, 0.3) is 0 Å². The number of carbonyl (C=O) groups is 1. The van der Waals surface area contributed by atoms with Crippen molar-refractivity contribution in [1.82, 2.24) is 20.0 Å². The number of hydroxylamine groups is 2. The summed E-state index contributed by atoms with van der Waals surface area (Å²) in [7, 11) is -4.85. The van der Waals surface area contributed by atoms with Gasteiger partial charge in [-0.3, -0.25) is 15.2 Å². The van der Waals surface area contributed by atoms with Crippen LogP contribution < -0.4 is 15.8 Å². The number of nitrogens with one attached hydrogen (secondary N) is 3. The minimum absolute atomic E-state index is 0.00792. The normalized spacial score (nSPS) is 32.5. The number of hydrogen-bond acceptors (Lipinski definition) is 11. The van der Waals surface area contributed by atoms with Crippen LogP contribution in [0, 0.1) is 5.41 Å². The van der Waals surface area contributed by atoms with E-state index in [-0.39, 0.29) is 18.9 Å². The fourth-order valence-corrected chi connectivity index (χ4v) is 3.74. The molecule has 0 bridgehead atoms. The third-order valence-corrected chi connectivity index (χ3v) is 4.92. The number of amides is 1. The van der Waals surface area contributed by atoms with Crippen molar-refractivity contribution in [2.24, 2.45) is 10.7 Å². The molecule has 1 amide bonds. The van der Waals surface area contributed by atoms with Crippen molar-refractivity contribution < 1.29 is 37.9 Å². The number of nitrogens with zero attached hydrogens (tertiary/aromatic N) is 3. The van der Waals surface area contributed by atoms with E-state index in [2.05, 4.69) is 15.0 Å². The molecule has 0 unspecified atom stereocenters. The van der Waals surface area contributed by atoms with E-state index in [1.54, 1.807) is 0 Å². The molecule has 0 saturated carbocycles. The molecule has 3 aliphatic heterocycles. The maximum atomic E-state index is 11.4. The van der Waals surface area contributed by atoms with Gasteiger partial charge in [0, 0.05) is 13.0 Å². The summed E-state index contributed by atoms with van der Waals surface area (Å²) in [5, 5.41) is 42.1. The molecule has 15 nitrogen and oxygen atoms in total. The Morgan fingerprint density at radius 3 is 2.81 bits per heavy atom. The van der Waals surface area contributed by atoms with Crippen molar-refractivity contribution in [3.63, 3.8) is 0 Å². The zero-order valence-electron chi connectivity index (χ0n) is 13.0. The Balaban J connectivity index is 1.88. The third-order valence-electron chi connectivity index (χ3n) is 4.49. The van der Waals surface area contributed by atoms with Crippen molar-refractivity contribution >= 4 is 28.3 Å². The number of rotatable bonds is 3. The quantitative estimate of drug-likeness (QED) is 0.168. The number of guanidine groups is 2. The SMILES string of the molecule is N=C1N(O)[C@@H](COC(=O)NS(=O)(=O)O)[C@@H]2N=C(N)N[C@]23N1CCC3(O)O. The maximum Gasteiger partial charge on any atom is 0.422 e. The molecule has 3 aliphatic rings. The molecule has 26 heavy (non-hydrogen) atoms. The van der Waals surface area contributed by atoms with Gasteiger partial charge in [-0.15, -0.1) is 0 Å². The first-order chi connectivity index (χ1) is 11.9. The van der Waals surface area contributed by atoms with Crippen LogP contribution in [0.25, 0.3) is 0 Å². The van der Waals surface area contributed by atoms with Crippen LogP contribution in [-0.2, 0) is 15.0 Å². The number of aliphatic hydroxyl groups is 2. The van der Waals surface area contributed by atoms with E-state index in [1.165, 1.54) is 0 Å². The predicted molar refractivity (Wildman–Crippen MR) is 80.9 cm³/mol. The first-order valence-corrected chi connectivity index (χ1v) is 8.65. The Morgan fingerprint density at radius 2 is 2.19 bits per heavy atom. The van der Waals surface area contributed by atoms with Crippen LogP contribution in [0.15, 0.2) is 4.99 Å². The summed E-state index contributed by atoms with van der Waals surface area (Å²) in [5.74, 6) is -3.11. The van der Waals surface area contributed by atoms with Crippen molar-refractivity contribution in [3.8, 4) is 0 Å². The Morgan fingerprint density at radius 1 is 1.54 bits per heavy atom. The molecule has 9 N–H and O–H groups in total. The first-order valence-electron chi connectivity index (χ1n) is 7.21. The number of nitrogens with two attached hydrogens (primary N) is 1. The van der Waals surface area contributed by atoms with Crippen LogP contribution in [0.4, 0.5) is 4.79 Å². The lowest BCUT2D eigenvalue weighted by Gasteiger charge is -2.52. The van der Waals surface area contributed by atoms with E-state index in [0.29, 0.717) is 5.06 Å². The van der Waals surface area contributed by atoms with Crippen LogP contribution in [0.1, 0.15) is 6.42 Å². The number of carbonyl (C=O) groups excluding carboxylic acids is 1. The Hall–Kier alpha value is -2.40. The van der Waals surface area contributed by atoms with Crippen LogP contribution >= 0.6 is 0 Å². The van der Waals surface area contributed by atoms with E-state index in [0.717, 1.165) is 9.62 Å². The second kappa shape index (κ2) is 5.55. The van der Waals surface area contributed by atoms with Crippen molar-refractivity contribution in [3.05, 3.63) is 0 Å². The van der Waals surface area contributed by atoms with Crippen LogP contribution in [0.5, 0.6) is 0 Å². The summed E-state index contributed by atoms with van der Waals surface area (Å²) in [6.07, 6.45) is -1.73. The summed E-state index contributed by atoms with van der Waals surface area (Å²) < 4.78 is 35.5.